The molecule has 2 aromatic heterocycles. The fraction of sp³-hybridized carbons (Fsp3) is 0.333. The number of nitrogens with one attached hydrogen (secondary N) is 1. The van der Waals surface area contributed by atoms with E-state index in [-0.39, 0.29) is 6.04 Å². The van der Waals surface area contributed by atoms with Crippen LogP contribution in [0.15, 0.2) is 48.7 Å². The van der Waals surface area contributed by atoms with Crippen LogP contribution in [0.3, 0.4) is 0 Å². The van der Waals surface area contributed by atoms with E-state index in [1.165, 1.54) is 12.3 Å². The first kappa shape index (κ1) is 18.8. The Hall–Kier alpha value is -2.51. The van der Waals surface area contributed by atoms with Crippen LogP contribution >= 0.6 is 0 Å². The first-order valence-corrected chi connectivity index (χ1v) is 9.28. The molecule has 1 saturated heterocycles. The molecule has 0 saturated carbocycles. The molecule has 1 fully saturated rings. The topological polar surface area (TPSA) is 58.0 Å². The van der Waals surface area contributed by atoms with Gasteiger partial charge in [0.1, 0.15) is 5.69 Å². The Labute approximate surface area is 160 Å². The van der Waals surface area contributed by atoms with Crippen LogP contribution in [0.4, 0.5) is 13.2 Å². The maximum atomic E-state index is 12.8. The average Bonchev–Trinajstić information content (AvgIpc) is 2.72. The van der Waals surface area contributed by atoms with Gasteiger partial charge in [-0.1, -0.05) is 24.6 Å². The molecule has 4 rings (SSSR count). The first-order valence-electron chi connectivity index (χ1n) is 9.28. The smallest absolute Gasteiger partial charge is 0.387 e. The number of alkyl halides is 3. The molecule has 0 bridgehead atoms. The van der Waals surface area contributed by atoms with E-state index >= 15 is 0 Å². The minimum atomic E-state index is -4.48. The SMILES string of the molecule is O[C@H](c1cc(-c2ccc(C(F)(F)F)nc2)nc2ccccc12)[C@H]1CCCCN1. The molecule has 0 amide bonds. The molecule has 0 aliphatic carbocycles. The summed E-state index contributed by atoms with van der Waals surface area (Å²) < 4.78 is 38.4. The Morgan fingerprint density at radius 1 is 1.11 bits per heavy atom. The minimum Gasteiger partial charge on any atom is -0.387 e. The summed E-state index contributed by atoms with van der Waals surface area (Å²) in [6, 6.07) is 11.5. The van der Waals surface area contributed by atoms with E-state index in [0.29, 0.717) is 16.8 Å². The van der Waals surface area contributed by atoms with Crippen molar-refractivity contribution in [3.05, 3.63) is 59.9 Å². The minimum absolute atomic E-state index is 0.0573. The van der Waals surface area contributed by atoms with E-state index in [0.717, 1.165) is 42.8 Å². The van der Waals surface area contributed by atoms with Gasteiger partial charge < -0.3 is 10.4 Å². The highest BCUT2D eigenvalue weighted by molar-refractivity contribution is 5.85. The molecule has 0 unspecified atom stereocenters. The van der Waals surface area contributed by atoms with Gasteiger partial charge in [0.25, 0.3) is 0 Å². The van der Waals surface area contributed by atoms with Gasteiger partial charge in [0.15, 0.2) is 0 Å². The van der Waals surface area contributed by atoms with Crippen molar-refractivity contribution in [2.24, 2.45) is 0 Å². The van der Waals surface area contributed by atoms with E-state index in [9.17, 15) is 18.3 Å². The second-order valence-electron chi connectivity index (χ2n) is 7.04. The average molecular weight is 387 g/mol. The highest BCUT2D eigenvalue weighted by Gasteiger charge is 2.32. The molecule has 146 valence electrons. The zero-order chi connectivity index (χ0) is 19.7. The number of hydrogen-bond acceptors (Lipinski definition) is 4. The quantitative estimate of drug-likeness (QED) is 0.695. The molecule has 1 aliphatic heterocycles. The van der Waals surface area contributed by atoms with Gasteiger partial charge >= 0.3 is 6.18 Å². The number of rotatable bonds is 3. The van der Waals surface area contributed by atoms with Crippen molar-refractivity contribution in [3.8, 4) is 11.3 Å². The van der Waals surface area contributed by atoms with Crippen molar-refractivity contribution in [1.82, 2.24) is 15.3 Å². The molecule has 3 aromatic rings. The Morgan fingerprint density at radius 3 is 2.61 bits per heavy atom. The standard InChI is InChI=1S/C21H20F3N3O/c22-21(23,24)19-9-8-13(12-26-19)18-11-15(14-5-1-2-6-16(14)27-18)20(28)17-7-3-4-10-25-17/h1-2,5-6,8-9,11-12,17,20,25,28H,3-4,7,10H2/t17-,20-/m1/s1. The first-order chi connectivity index (χ1) is 13.4. The lowest BCUT2D eigenvalue weighted by atomic mass is 9.92. The molecule has 28 heavy (non-hydrogen) atoms. The van der Waals surface area contributed by atoms with E-state index in [4.69, 9.17) is 0 Å². The number of aliphatic hydroxyl groups excluding tert-OH is 1. The number of halogens is 3. The molecular formula is C21H20F3N3O. The van der Waals surface area contributed by atoms with Gasteiger partial charge in [-0.25, -0.2) is 4.98 Å². The third kappa shape index (κ3) is 3.72. The molecule has 0 spiro atoms. The number of fused-ring (bicyclic) bond motifs is 1. The van der Waals surface area contributed by atoms with Gasteiger partial charge in [-0.2, -0.15) is 13.2 Å². The Bertz CT molecular complexity index is 967. The fourth-order valence-electron chi connectivity index (χ4n) is 3.67. The summed E-state index contributed by atoms with van der Waals surface area (Å²) in [5.74, 6) is 0. The monoisotopic (exact) mass is 387 g/mol. The summed E-state index contributed by atoms with van der Waals surface area (Å²) in [5, 5.41) is 15.2. The van der Waals surface area contributed by atoms with Gasteiger partial charge in [0.2, 0.25) is 0 Å². The number of aromatic nitrogens is 2. The highest BCUT2D eigenvalue weighted by Crippen LogP contribution is 2.33. The van der Waals surface area contributed by atoms with Crippen molar-refractivity contribution in [3.63, 3.8) is 0 Å². The lowest BCUT2D eigenvalue weighted by molar-refractivity contribution is -0.141. The Balaban J connectivity index is 1.77. The summed E-state index contributed by atoms with van der Waals surface area (Å²) in [4.78, 5) is 8.10. The molecule has 4 nitrogen and oxygen atoms in total. The second kappa shape index (κ2) is 7.48. The number of para-hydroxylation sites is 1. The zero-order valence-electron chi connectivity index (χ0n) is 15.1. The lowest BCUT2D eigenvalue weighted by Crippen LogP contribution is -2.38. The molecule has 7 heteroatoms. The van der Waals surface area contributed by atoms with Crippen LogP contribution in [-0.4, -0.2) is 27.7 Å². The van der Waals surface area contributed by atoms with Crippen LogP contribution in [0.5, 0.6) is 0 Å². The molecule has 0 radical (unpaired) electrons. The molecule has 2 atom stereocenters. The Morgan fingerprint density at radius 2 is 1.93 bits per heavy atom. The van der Waals surface area contributed by atoms with Crippen LogP contribution in [0.1, 0.15) is 36.6 Å². The van der Waals surface area contributed by atoms with E-state index in [1.807, 2.05) is 24.3 Å². The maximum absolute atomic E-state index is 12.8. The second-order valence-corrected chi connectivity index (χ2v) is 7.04. The van der Waals surface area contributed by atoms with Crippen molar-refractivity contribution in [2.45, 2.75) is 37.6 Å². The van der Waals surface area contributed by atoms with Crippen molar-refractivity contribution in [1.29, 1.82) is 0 Å². The van der Waals surface area contributed by atoms with Gasteiger partial charge in [-0.15, -0.1) is 0 Å². The van der Waals surface area contributed by atoms with Crippen LogP contribution in [0, 0.1) is 0 Å². The van der Waals surface area contributed by atoms with E-state index < -0.39 is 18.0 Å². The number of nitrogens with zero attached hydrogens (tertiary/aromatic N) is 2. The normalized spacial score (nSPS) is 18.9. The Kier molecular flexibility index (Phi) is 5.03. The largest absolute Gasteiger partial charge is 0.433 e. The molecule has 3 heterocycles. The molecule has 2 N–H and O–H groups in total. The summed E-state index contributed by atoms with van der Waals surface area (Å²) in [6.07, 6.45) is -1.03. The van der Waals surface area contributed by atoms with Gasteiger partial charge in [0, 0.05) is 23.2 Å². The van der Waals surface area contributed by atoms with Crippen molar-refractivity contribution in [2.75, 3.05) is 6.54 Å². The number of benzene rings is 1. The summed E-state index contributed by atoms with van der Waals surface area (Å²) >= 11 is 0. The van der Waals surface area contributed by atoms with E-state index in [1.54, 1.807) is 6.07 Å². The third-order valence-electron chi connectivity index (χ3n) is 5.15. The number of aliphatic hydroxyl groups is 1. The summed E-state index contributed by atoms with van der Waals surface area (Å²) in [6.45, 7) is 0.862. The van der Waals surface area contributed by atoms with Crippen LogP contribution in [0.25, 0.3) is 22.2 Å². The summed E-state index contributed by atoms with van der Waals surface area (Å²) in [7, 11) is 0. The summed E-state index contributed by atoms with van der Waals surface area (Å²) in [5.41, 5.74) is 1.43. The molecule has 1 aromatic carbocycles. The number of piperidine rings is 1. The number of hydrogen-bond donors (Lipinski definition) is 2. The predicted molar refractivity (Wildman–Crippen MR) is 101 cm³/mol. The van der Waals surface area contributed by atoms with Crippen molar-refractivity contribution >= 4 is 10.9 Å². The highest BCUT2D eigenvalue weighted by atomic mass is 19.4. The zero-order valence-corrected chi connectivity index (χ0v) is 15.1. The molecular weight excluding hydrogens is 367 g/mol. The fourth-order valence-corrected chi connectivity index (χ4v) is 3.67. The van der Waals surface area contributed by atoms with Crippen LogP contribution in [-0.2, 0) is 6.18 Å². The predicted octanol–water partition coefficient (Wildman–Crippen LogP) is 4.49. The van der Waals surface area contributed by atoms with Gasteiger partial charge in [-0.3, -0.25) is 4.98 Å². The van der Waals surface area contributed by atoms with Crippen LogP contribution in [0.2, 0.25) is 0 Å². The van der Waals surface area contributed by atoms with Gasteiger partial charge in [0.05, 0.1) is 17.3 Å². The van der Waals surface area contributed by atoms with Crippen LogP contribution < -0.4 is 5.32 Å². The van der Waals surface area contributed by atoms with Gasteiger partial charge in [-0.05, 0) is 49.2 Å². The number of pyridine rings is 2. The third-order valence-corrected chi connectivity index (χ3v) is 5.15. The maximum Gasteiger partial charge on any atom is 0.433 e. The van der Waals surface area contributed by atoms with Crippen molar-refractivity contribution < 1.29 is 18.3 Å². The molecule has 1 aliphatic rings. The lowest BCUT2D eigenvalue weighted by Gasteiger charge is -2.29. The van der Waals surface area contributed by atoms with E-state index in [2.05, 4.69) is 15.3 Å².